The first kappa shape index (κ1) is 18.8. The van der Waals surface area contributed by atoms with Crippen LogP contribution in [0.25, 0.3) is 0 Å². The summed E-state index contributed by atoms with van der Waals surface area (Å²) in [5, 5.41) is 5.16. The summed E-state index contributed by atoms with van der Waals surface area (Å²) >= 11 is 7.90. The zero-order chi connectivity index (χ0) is 18.4. The van der Waals surface area contributed by atoms with Gasteiger partial charge >= 0.3 is 0 Å². The molecule has 1 aliphatic rings. The summed E-state index contributed by atoms with van der Waals surface area (Å²) in [6, 6.07) is 15.3. The molecule has 2 aromatic rings. The van der Waals surface area contributed by atoms with E-state index in [1.165, 1.54) is 7.11 Å². The number of nitrogens with one attached hydrogen (secondary N) is 2. The molecule has 0 saturated heterocycles. The minimum Gasteiger partial charge on any atom is -0.358 e. The van der Waals surface area contributed by atoms with E-state index in [1.807, 2.05) is 42.5 Å². The quantitative estimate of drug-likeness (QED) is 0.741. The summed E-state index contributed by atoms with van der Waals surface area (Å²) in [5.74, 6) is 0.731. The highest BCUT2D eigenvalue weighted by atomic mass is 35.5. The average molecular weight is 390 g/mol. The van der Waals surface area contributed by atoms with Crippen LogP contribution in [0.5, 0.6) is 0 Å². The van der Waals surface area contributed by atoms with Crippen molar-refractivity contribution in [1.82, 2.24) is 10.8 Å². The van der Waals surface area contributed by atoms with Crippen LogP contribution in [-0.4, -0.2) is 30.5 Å². The summed E-state index contributed by atoms with van der Waals surface area (Å²) in [5.41, 5.74) is 5.02. The van der Waals surface area contributed by atoms with E-state index in [1.54, 1.807) is 17.8 Å². The maximum Gasteiger partial charge on any atom is 0.274 e. The first-order chi connectivity index (χ1) is 12.7. The first-order valence-electron chi connectivity index (χ1n) is 8.27. The minimum absolute atomic E-state index is 0.0128. The number of aliphatic imine (C=N–C) groups is 1. The summed E-state index contributed by atoms with van der Waals surface area (Å²) < 4.78 is 0. The van der Waals surface area contributed by atoms with Crippen LogP contribution in [0.15, 0.2) is 53.5 Å². The second-order valence-corrected chi connectivity index (χ2v) is 7.35. The Morgan fingerprint density at radius 1 is 1.31 bits per heavy atom. The Kier molecular flexibility index (Phi) is 6.55. The molecule has 1 heterocycles. The maximum absolute atomic E-state index is 12.0. The number of rotatable bonds is 6. The van der Waals surface area contributed by atoms with Crippen molar-refractivity contribution in [3.8, 4) is 0 Å². The standard InChI is InChI=1S/C19H20ClN3O2S/c1-25-23-18(24)15-6-2-4-13(10-15)11-17(22-19-21-8-9-26-19)14-5-3-7-16(20)12-14/h2-7,10,12,17H,8-9,11H2,1H3,(H,21,22)(H,23,24). The highest BCUT2D eigenvalue weighted by molar-refractivity contribution is 8.14. The van der Waals surface area contributed by atoms with E-state index in [9.17, 15) is 4.79 Å². The molecular formula is C19H20ClN3O2S. The Bertz CT molecular complexity index is 813. The Hall–Kier alpha value is -2.02. The van der Waals surface area contributed by atoms with Gasteiger partial charge in [-0.3, -0.25) is 14.6 Å². The van der Waals surface area contributed by atoms with E-state index in [4.69, 9.17) is 16.4 Å². The number of hydrogen-bond donors (Lipinski definition) is 2. The Morgan fingerprint density at radius 3 is 2.88 bits per heavy atom. The number of amides is 1. The monoisotopic (exact) mass is 389 g/mol. The molecule has 1 aliphatic heterocycles. The van der Waals surface area contributed by atoms with Crippen molar-refractivity contribution < 1.29 is 9.63 Å². The molecule has 7 heteroatoms. The number of carbonyl (C=O) groups excluding carboxylic acids is 1. The van der Waals surface area contributed by atoms with Crippen LogP contribution in [-0.2, 0) is 11.3 Å². The van der Waals surface area contributed by atoms with Gasteiger partial charge in [0, 0.05) is 16.3 Å². The van der Waals surface area contributed by atoms with Crippen molar-refractivity contribution in [1.29, 1.82) is 0 Å². The lowest BCUT2D eigenvalue weighted by Crippen LogP contribution is -2.27. The fraction of sp³-hybridized carbons (Fsp3) is 0.263. The van der Waals surface area contributed by atoms with Gasteiger partial charge in [-0.1, -0.05) is 47.6 Å². The van der Waals surface area contributed by atoms with Crippen LogP contribution >= 0.6 is 23.4 Å². The number of nitrogens with zero attached hydrogens (tertiary/aromatic N) is 1. The SMILES string of the molecule is CONC(=O)c1cccc(CC(NC2=NCCS2)c2cccc(Cl)c2)c1. The third-order valence-corrected chi connectivity index (χ3v) is 5.10. The van der Waals surface area contributed by atoms with E-state index in [-0.39, 0.29) is 11.9 Å². The number of thioether (sulfide) groups is 1. The predicted molar refractivity (Wildman–Crippen MR) is 107 cm³/mol. The predicted octanol–water partition coefficient (Wildman–Crippen LogP) is 3.61. The van der Waals surface area contributed by atoms with Crippen LogP contribution in [0, 0.1) is 0 Å². The van der Waals surface area contributed by atoms with E-state index in [2.05, 4.69) is 15.8 Å². The van der Waals surface area contributed by atoms with E-state index in [0.717, 1.165) is 28.6 Å². The average Bonchev–Trinajstić information content (AvgIpc) is 3.15. The molecule has 0 aromatic heterocycles. The van der Waals surface area contributed by atoms with Crippen LogP contribution in [0.1, 0.15) is 27.5 Å². The zero-order valence-corrected chi connectivity index (χ0v) is 15.9. The largest absolute Gasteiger partial charge is 0.358 e. The summed E-state index contributed by atoms with van der Waals surface area (Å²) in [7, 11) is 1.42. The van der Waals surface area contributed by atoms with Crippen LogP contribution in [0.3, 0.4) is 0 Å². The molecule has 1 amide bonds. The third-order valence-electron chi connectivity index (χ3n) is 3.96. The van der Waals surface area contributed by atoms with Crippen molar-refractivity contribution in [3.05, 3.63) is 70.2 Å². The fourth-order valence-corrected chi connectivity index (χ4v) is 3.76. The lowest BCUT2D eigenvalue weighted by molar-refractivity contribution is 0.0537. The first-order valence-corrected chi connectivity index (χ1v) is 9.63. The van der Waals surface area contributed by atoms with Gasteiger partial charge in [-0.05, 0) is 41.8 Å². The third kappa shape index (κ3) is 5.00. The molecule has 3 rings (SSSR count). The lowest BCUT2D eigenvalue weighted by Gasteiger charge is -2.20. The van der Waals surface area contributed by atoms with Gasteiger partial charge in [-0.15, -0.1) is 0 Å². The van der Waals surface area contributed by atoms with Crippen LogP contribution in [0.4, 0.5) is 0 Å². The molecule has 1 unspecified atom stereocenters. The van der Waals surface area contributed by atoms with Crippen molar-refractivity contribution in [2.45, 2.75) is 12.5 Å². The maximum atomic E-state index is 12.0. The van der Waals surface area contributed by atoms with Crippen molar-refractivity contribution in [2.75, 3.05) is 19.4 Å². The molecule has 0 fully saturated rings. The zero-order valence-electron chi connectivity index (χ0n) is 14.4. The second kappa shape index (κ2) is 9.07. The summed E-state index contributed by atoms with van der Waals surface area (Å²) in [6.07, 6.45) is 0.702. The number of hydroxylamine groups is 1. The normalized spacial score (nSPS) is 14.6. The van der Waals surface area contributed by atoms with E-state index >= 15 is 0 Å². The summed E-state index contributed by atoms with van der Waals surface area (Å²) in [6.45, 7) is 0.835. The molecule has 2 aromatic carbocycles. The molecule has 2 N–H and O–H groups in total. The molecule has 0 radical (unpaired) electrons. The van der Waals surface area contributed by atoms with Gasteiger partial charge in [0.25, 0.3) is 5.91 Å². The smallest absolute Gasteiger partial charge is 0.274 e. The van der Waals surface area contributed by atoms with E-state index in [0.29, 0.717) is 17.0 Å². The van der Waals surface area contributed by atoms with Gasteiger partial charge < -0.3 is 5.32 Å². The van der Waals surface area contributed by atoms with Gasteiger partial charge in [0.05, 0.1) is 19.7 Å². The Balaban J connectivity index is 1.83. The second-order valence-electron chi connectivity index (χ2n) is 5.83. The van der Waals surface area contributed by atoms with Gasteiger partial charge in [0.15, 0.2) is 5.17 Å². The van der Waals surface area contributed by atoms with Gasteiger partial charge in [0.1, 0.15) is 0 Å². The Labute approximate surface area is 162 Å². The number of halogens is 1. The Morgan fingerprint density at radius 2 is 2.15 bits per heavy atom. The van der Waals surface area contributed by atoms with Gasteiger partial charge in [-0.25, -0.2) is 5.48 Å². The molecule has 136 valence electrons. The number of hydrogen-bond acceptors (Lipinski definition) is 5. The highest BCUT2D eigenvalue weighted by Crippen LogP contribution is 2.24. The topological polar surface area (TPSA) is 62.7 Å². The highest BCUT2D eigenvalue weighted by Gasteiger charge is 2.18. The lowest BCUT2D eigenvalue weighted by atomic mass is 9.97. The molecule has 5 nitrogen and oxygen atoms in total. The van der Waals surface area contributed by atoms with Crippen molar-refractivity contribution in [2.24, 2.45) is 4.99 Å². The van der Waals surface area contributed by atoms with Crippen LogP contribution in [0.2, 0.25) is 5.02 Å². The molecule has 26 heavy (non-hydrogen) atoms. The molecule has 0 spiro atoms. The molecule has 0 saturated carbocycles. The van der Waals surface area contributed by atoms with Gasteiger partial charge in [0.2, 0.25) is 0 Å². The molecular weight excluding hydrogens is 370 g/mol. The fourth-order valence-electron chi connectivity index (χ4n) is 2.77. The number of amidine groups is 1. The summed E-state index contributed by atoms with van der Waals surface area (Å²) in [4.78, 5) is 21.2. The van der Waals surface area contributed by atoms with Crippen LogP contribution < -0.4 is 10.8 Å². The minimum atomic E-state index is -0.266. The van der Waals surface area contributed by atoms with Crippen molar-refractivity contribution >= 4 is 34.4 Å². The molecule has 1 atom stereocenters. The van der Waals surface area contributed by atoms with E-state index < -0.39 is 0 Å². The molecule has 0 aliphatic carbocycles. The number of carbonyl (C=O) groups is 1. The number of benzene rings is 2. The van der Waals surface area contributed by atoms with Crippen molar-refractivity contribution in [3.63, 3.8) is 0 Å². The molecule has 0 bridgehead atoms. The van der Waals surface area contributed by atoms with Gasteiger partial charge in [-0.2, -0.15) is 0 Å².